The number of hydrogen-bond acceptors (Lipinski definition) is 3. The third-order valence-electron chi connectivity index (χ3n) is 1.96. The smallest absolute Gasteiger partial charge is 0.236 e. The number of hydrogen-bond donors (Lipinski definition) is 1. The number of carbonyl (C=O) groups excluding carboxylic acids is 1. The fourth-order valence-corrected chi connectivity index (χ4v) is 1.60. The molecule has 0 aliphatic heterocycles. The summed E-state index contributed by atoms with van der Waals surface area (Å²) in [6.07, 6.45) is 0. The van der Waals surface area contributed by atoms with Gasteiger partial charge in [0.2, 0.25) is 5.91 Å². The van der Waals surface area contributed by atoms with Crippen molar-refractivity contribution in [2.45, 2.75) is 13.8 Å². The number of amides is 1. The third-order valence-corrected chi connectivity index (χ3v) is 2.17. The first kappa shape index (κ1) is 12.8. The summed E-state index contributed by atoms with van der Waals surface area (Å²) in [5.74, 6) is 0.725. The molecule has 0 spiro atoms. The van der Waals surface area contributed by atoms with Crippen molar-refractivity contribution >= 4 is 23.3 Å². The molecule has 1 aromatic rings. The summed E-state index contributed by atoms with van der Waals surface area (Å²) in [6, 6.07) is 5.32. The molecule has 0 aliphatic rings. The van der Waals surface area contributed by atoms with Crippen molar-refractivity contribution < 1.29 is 4.79 Å². The monoisotopic (exact) mass is 241 g/mol. The molecule has 1 amide bonds. The average Bonchev–Trinajstić information content (AvgIpc) is 2.15. The van der Waals surface area contributed by atoms with Crippen LogP contribution in [0.1, 0.15) is 13.8 Å². The summed E-state index contributed by atoms with van der Waals surface area (Å²) in [6.45, 7) is 5.01. The molecule has 0 radical (unpaired) electrons. The molecule has 4 nitrogen and oxygen atoms in total. The summed E-state index contributed by atoms with van der Waals surface area (Å²) in [7, 11) is 0. The zero-order valence-corrected chi connectivity index (χ0v) is 10.2. The van der Waals surface area contributed by atoms with Crippen LogP contribution in [0, 0.1) is 5.92 Å². The Hall–Kier alpha value is -1.29. The first-order valence-electron chi connectivity index (χ1n) is 5.15. The van der Waals surface area contributed by atoms with Gasteiger partial charge in [-0.2, -0.15) is 0 Å². The van der Waals surface area contributed by atoms with Gasteiger partial charge in [0.25, 0.3) is 0 Å². The van der Waals surface area contributed by atoms with Gasteiger partial charge in [-0.3, -0.25) is 4.79 Å². The largest absolute Gasteiger partial charge is 0.368 e. The first-order valence-corrected chi connectivity index (χ1v) is 5.52. The Balaban J connectivity index is 2.86. The zero-order chi connectivity index (χ0) is 12.1. The number of anilines is 1. The van der Waals surface area contributed by atoms with E-state index in [1.807, 2.05) is 11.0 Å². The minimum absolute atomic E-state index is 0.158. The highest BCUT2D eigenvalue weighted by atomic mass is 35.5. The lowest BCUT2D eigenvalue weighted by molar-refractivity contribution is -0.116. The van der Waals surface area contributed by atoms with Crippen molar-refractivity contribution in [2.75, 3.05) is 18.0 Å². The van der Waals surface area contributed by atoms with E-state index in [9.17, 15) is 4.79 Å². The third kappa shape index (κ3) is 4.06. The Morgan fingerprint density at radius 1 is 1.56 bits per heavy atom. The van der Waals surface area contributed by atoms with Crippen LogP contribution in [0.15, 0.2) is 18.2 Å². The summed E-state index contributed by atoms with van der Waals surface area (Å²) >= 11 is 5.81. The lowest BCUT2D eigenvalue weighted by Crippen LogP contribution is -2.36. The van der Waals surface area contributed by atoms with Crippen molar-refractivity contribution in [3.63, 3.8) is 0 Å². The average molecular weight is 242 g/mol. The molecule has 2 N–H and O–H groups in total. The van der Waals surface area contributed by atoms with Gasteiger partial charge in [-0.05, 0) is 18.1 Å². The van der Waals surface area contributed by atoms with Crippen LogP contribution in [-0.2, 0) is 4.79 Å². The van der Waals surface area contributed by atoms with Crippen molar-refractivity contribution in [3.05, 3.63) is 23.4 Å². The molecular formula is C11H16ClN3O. The van der Waals surface area contributed by atoms with Gasteiger partial charge in [0.1, 0.15) is 11.0 Å². The molecule has 88 valence electrons. The van der Waals surface area contributed by atoms with Crippen molar-refractivity contribution in [1.29, 1.82) is 0 Å². The van der Waals surface area contributed by atoms with Crippen LogP contribution in [-0.4, -0.2) is 24.0 Å². The number of primary amides is 1. The highest BCUT2D eigenvalue weighted by Gasteiger charge is 2.12. The maximum Gasteiger partial charge on any atom is 0.236 e. The highest BCUT2D eigenvalue weighted by Crippen LogP contribution is 2.15. The van der Waals surface area contributed by atoms with E-state index in [0.717, 1.165) is 6.54 Å². The number of aromatic nitrogens is 1. The second kappa shape index (κ2) is 5.70. The van der Waals surface area contributed by atoms with E-state index in [2.05, 4.69) is 18.8 Å². The van der Waals surface area contributed by atoms with Crippen molar-refractivity contribution in [3.8, 4) is 0 Å². The van der Waals surface area contributed by atoms with Gasteiger partial charge in [-0.1, -0.05) is 31.5 Å². The second-order valence-electron chi connectivity index (χ2n) is 4.06. The Bertz CT molecular complexity index is 368. The molecule has 1 aromatic heterocycles. The Labute approximate surface area is 100 Å². The summed E-state index contributed by atoms with van der Waals surface area (Å²) in [4.78, 5) is 17.0. The number of pyridine rings is 1. The molecule has 1 heterocycles. The predicted octanol–water partition coefficient (Wildman–Crippen LogP) is 1.68. The standard InChI is InChI=1S/C11H16ClN3O/c1-8(2)6-15(7-10(13)16)11-5-3-4-9(12)14-11/h3-5,8H,6-7H2,1-2H3,(H2,13,16). The van der Waals surface area contributed by atoms with Gasteiger partial charge in [-0.15, -0.1) is 0 Å². The van der Waals surface area contributed by atoms with Crippen LogP contribution >= 0.6 is 11.6 Å². The first-order chi connectivity index (χ1) is 7.49. The van der Waals surface area contributed by atoms with E-state index in [-0.39, 0.29) is 12.5 Å². The maximum absolute atomic E-state index is 11.0. The highest BCUT2D eigenvalue weighted by molar-refractivity contribution is 6.29. The van der Waals surface area contributed by atoms with Gasteiger partial charge in [0.05, 0.1) is 6.54 Å². The number of halogens is 1. The summed E-state index contributed by atoms with van der Waals surface area (Å²) < 4.78 is 0. The van der Waals surface area contributed by atoms with Crippen molar-refractivity contribution in [2.24, 2.45) is 11.7 Å². The molecule has 0 saturated heterocycles. The van der Waals surface area contributed by atoms with Crippen LogP contribution in [0.2, 0.25) is 5.15 Å². The van der Waals surface area contributed by atoms with Gasteiger partial charge >= 0.3 is 0 Å². The van der Waals surface area contributed by atoms with Gasteiger partial charge in [0, 0.05) is 6.54 Å². The lowest BCUT2D eigenvalue weighted by Gasteiger charge is -2.24. The van der Waals surface area contributed by atoms with Gasteiger partial charge in [0.15, 0.2) is 0 Å². The molecule has 0 aliphatic carbocycles. The minimum atomic E-state index is -0.373. The normalized spacial score (nSPS) is 10.5. The number of carbonyl (C=O) groups is 1. The maximum atomic E-state index is 11.0. The lowest BCUT2D eigenvalue weighted by atomic mass is 10.2. The summed E-state index contributed by atoms with van der Waals surface area (Å²) in [5, 5.41) is 0.413. The zero-order valence-electron chi connectivity index (χ0n) is 9.48. The van der Waals surface area contributed by atoms with E-state index in [0.29, 0.717) is 16.9 Å². The molecule has 0 aromatic carbocycles. The number of nitrogens with two attached hydrogens (primary N) is 1. The van der Waals surface area contributed by atoms with E-state index < -0.39 is 0 Å². The van der Waals surface area contributed by atoms with E-state index in [1.165, 1.54) is 0 Å². The topological polar surface area (TPSA) is 59.2 Å². The molecule has 1 rings (SSSR count). The van der Waals surface area contributed by atoms with Crippen molar-refractivity contribution in [1.82, 2.24) is 4.98 Å². The fourth-order valence-electron chi connectivity index (χ4n) is 1.44. The van der Waals surface area contributed by atoms with Crippen LogP contribution < -0.4 is 10.6 Å². The fraction of sp³-hybridized carbons (Fsp3) is 0.455. The molecule has 16 heavy (non-hydrogen) atoms. The minimum Gasteiger partial charge on any atom is -0.368 e. The van der Waals surface area contributed by atoms with E-state index >= 15 is 0 Å². The number of rotatable bonds is 5. The SMILES string of the molecule is CC(C)CN(CC(N)=O)c1cccc(Cl)n1. The van der Waals surface area contributed by atoms with E-state index in [1.54, 1.807) is 12.1 Å². The van der Waals surface area contributed by atoms with Crippen LogP contribution in [0.25, 0.3) is 0 Å². The van der Waals surface area contributed by atoms with Crippen LogP contribution in [0.3, 0.4) is 0 Å². The number of nitrogens with zero attached hydrogens (tertiary/aromatic N) is 2. The second-order valence-corrected chi connectivity index (χ2v) is 4.45. The Kier molecular flexibility index (Phi) is 4.55. The molecule has 5 heteroatoms. The van der Waals surface area contributed by atoms with Gasteiger partial charge in [-0.25, -0.2) is 4.98 Å². The molecule has 0 saturated carbocycles. The Morgan fingerprint density at radius 2 is 2.25 bits per heavy atom. The quantitative estimate of drug-likeness (QED) is 0.798. The molecule has 0 bridgehead atoms. The molecule has 0 unspecified atom stereocenters. The molecular weight excluding hydrogens is 226 g/mol. The van der Waals surface area contributed by atoms with E-state index in [4.69, 9.17) is 17.3 Å². The molecule has 0 atom stereocenters. The summed E-state index contributed by atoms with van der Waals surface area (Å²) in [5.41, 5.74) is 5.20. The van der Waals surface area contributed by atoms with Crippen LogP contribution in [0.4, 0.5) is 5.82 Å². The molecule has 0 fully saturated rings. The van der Waals surface area contributed by atoms with Crippen LogP contribution in [0.5, 0.6) is 0 Å². The Morgan fingerprint density at radius 3 is 2.75 bits per heavy atom. The predicted molar refractivity (Wildman–Crippen MR) is 65.5 cm³/mol. The van der Waals surface area contributed by atoms with Gasteiger partial charge < -0.3 is 10.6 Å².